The minimum atomic E-state index is -0.768. The fourth-order valence-electron chi connectivity index (χ4n) is 3.43. The van der Waals surface area contributed by atoms with E-state index in [1.54, 1.807) is 0 Å². The lowest BCUT2D eigenvalue weighted by molar-refractivity contribution is -0.280. The quantitative estimate of drug-likeness (QED) is 0.318. The van der Waals surface area contributed by atoms with E-state index in [-0.39, 0.29) is 22.4 Å². The van der Waals surface area contributed by atoms with E-state index in [1.165, 1.54) is 0 Å². The van der Waals surface area contributed by atoms with Crippen LogP contribution in [0.25, 0.3) is 0 Å². The predicted octanol–water partition coefficient (Wildman–Crippen LogP) is 1.22. The van der Waals surface area contributed by atoms with Crippen molar-refractivity contribution >= 4 is 34.8 Å². The Morgan fingerprint density at radius 3 is 2.72 bits per heavy atom. The van der Waals surface area contributed by atoms with Crippen LogP contribution in [0.3, 0.4) is 0 Å². The molecule has 0 amide bonds. The van der Waals surface area contributed by atoms with Gasteiger partial charge in [-0.3, -0.25) is 4.79 Å². The Morgan fingerprint density at radius 1 is 1.33 bits per heavy atom. The van der Waals surface area contributed by atoms with Gasteiger partial charge in [0.25, 0.3) is 0 Å². The number of hydrogen-bond donors (Lipinski definition) is 0. The van der Waals surface area contributed by atoms with Crippen molar-refractivity contribution in [1.29, 1.82) is 0 Å². The summed E-state index contributed by atoms with van der Waals surface area (Å²) in [5.74, 6) is -1.01. The van der Waals surface area contributed by atoms with Gasteiger partial charge in [-0.2, -0.15) is 0 Å². The van der Waals surface area contributed by atoms with E-state index in [1.807, 2.05) is 0 Å². The molecule has 1 aliphatic carbocycles. The molecule has 3 aliphatic rings. The van der Waals surface area contributed by atoms with Gasteiger partial charge in [0.05, 0.1) is 23.6 Å². The average molecular weight is 366 g/mol. The normalized spacial score (nSPS) is 41.7. The van der Waals surface area contributed by atoms with Gasteiger partial charge in [0.15, 0.2) is 5.79 Å². The summed E-state index contributed by atoms with van der Waals surface area (Å²) in [6, 6.07) is 0. The lowest BCUT2D eigenvalue weighted by atomic mass is 9.63. The van der Waals surface area contributed by atoms with Gasteiger partial charge in [0, 0.05) is 18.3 Å². The molecule has 0 aromatic carbocycles. The van der Waals surface area contributed by atoms with E-state index < -0.39 is 11.2 Å². The maximum absolute atomic E-state index is 11.8. The number of halogens is 1. The number of aldehydes is 1. The fourth-order valence-corrected chi connectivity index (χ4v) is 4.41. The zero-order chi connectivity index (χ0) is 12.8. The first-order chi connectivity index (χ1) is 8.61. The highest BCUT2D eigenvalue weighted by molar-refractivity contribution is 14.1. The van der Waals surface area contributed by atoms with Crippen molar-refractivity contribution in [2.45, 2.75) is 41.5 Å². The topological polar surface area (TPSA) is 61.8 Å². The third-order valence-electron chi connectivity index (χ3n) is 4.26. The molecule has 5 nitrogen and oxygen atoms in total. The number of carbonyl (C=O) groups is 2. The summed E-state index contributed by atoms with van der Waals surface area (Å²) in [5, 5.41) is 0. The Balaban J connectivity index is 2.01. The highest BCUT2D eigenvalue weighted by Crippen LogP contribution is 2.57. The molecule has 3 atom stereocenters. The molecule has 2 bridgehead atoms. The Hall–Kier alpha value is -0.210. The zero-order valence-corrected chi connectivity index (χ0v) is 12.1. The van der Waals surface area contributed by atoms with Crippen LogP contribution < -0.4 is 0 Å². The molecule has 0 radical (unpaired) electrons. The van der Waals surface area contributed by atoms with Crippen molar-refractivity contribution in [3.8, 4) is 0 Å². The van der Waals surface area contributed by atoms with Crippen LogP contribution >= 0.6 is 22.6 Å². The van der Waals surface area contributed by atoms with Crippen molar-refractivity contribution in [2.24, 2.45) is 5.41 Å². The molecule has 0 N–H and O–H groups in total. The van der Waals surface area contributed by atoms with Gasteiger partial charge in [-0.25, -0.2) is 0 Å². The van der Waals surface area contributed by atoms with E-state index in [4.69, 9.17) is 14.2 Å². The third kappa shape index (κ3) is 1.72. The highest BCUT2D eigenvalue weighted by Gasteiger charge is 2.64. The zero-order valence-electron chi connectivity index (χ0n) is 9.89. The van der Waals surface area contributed by atoms with Crippen LogP contribution in [0.5, 0.6) is 0 Å². The fraction of sp³-hybridized carbons (Fsp3) is 0.833. The highest BCUT2D eigenvalue weighted by atomic mass is 127. The molecule has 18 heavy (non-hydrogen) atoms. The van der Waals surface area contributed by atoms with Crippen LogP contribution in [0.15, 0.2) is 0 Å². The maximum atomic E-state index is 11.8. The van der Waals surface area contributed by atoms with Crippen molar-refractivity contribution < 1.29 is 23.8 Å². The third-order valence-corrected chi connectivity index (χ3v) is 5.50. The van der Waals surface area contributed by atoms with E-state index in [0.717, 1.165) is 6.29 Å². The maximum Gasteiger partial charge on any atom is 0.306 e. The number of ether oxygens (including phenoxy) is 3. The van der Waals surface area contributed by atoms with Crippen molar-refractivity contribution in [3.05, 3.63) is 0 Å². The largest absolute Gasteiger partial charge is 0.461 e. The molecule has 2 heterocycles. The molecule has 1 unspecified atom stereocenters. The van der Waals surface area contributed by atoms with Crippen LogP contribution in [0.1, 0.15) is 25.7 Å². The van der Waals surface area contributed by atoms with Crippen LogP contribution in [0, 0.1) is 5.41 Å². The van der Waals surface area contributed by atoms with Crippen LogP contribution in [0.2, 0.25) is 0 Å². The van der Waals surface area contributed by atoms with Gasteiger partial charge >= 0.3 is 5.97 Å². The number of alkyl halides is 1. The second-order valence-corrected chi connectivity index (χ2v) is 6.83. The van der Waals surface area contributed by atoms with E-state index in [0.29, 0.717) is 32.5 Å². The number of fused-ring (bicyclic) bond motifs is 3. The van der Waals surface area contributed by atoms with Crippen LogP contribution in [-0.2, 0) is 23.8 Å². The minimum Gasteiger partial charge on any atom is -0.461 e. The van der Waals surface area contributed by atoms with Gasteiger partial charge < -0.3 is 19.0 Å². The molecule has 0 aromatic heterocycles. The lowest BCUT2D eigenvalue weighted by Gasteiger charge is -2.54. The second-order valence-electron chi connectivity index (χ2n) is 5.23. The first-order valence-electron chi connectivity index (χ1n) is 6.16. The summed E-state index contributed by atoms with van der Waals surface area (Å²) in [6.45, 7) is 1.06. The number of carbonyl (C=O) groups excluding carboxylic acids is 2. The molecule has 0 aromatic rings. The Kier molecular flexibility index (Phi) is 3.14. The second kappa shape index (κ2) is 4.42. The summed E-state index contributed by atoms with van der Waals surface area (Å²) in [4.78, 5) is 22.8. The first-order valence-corrected chi connectivity index (χ1v) is 7.40. The lowest BCUT2D eigenvalue weighted by Crippen LogP contribution is -2.62. The monoisotopic (exact) mass is 366 g/mol. The molecule has 6 heteroatoms. The van der Waals surface area contributed by atoms with Crippen molar-refractivity contribution in [2.75, 3.05) is 13.2 Å². The predicted molar refractivity (Wildman–Crippen MR) is 69.3 cm³/mol. The summed E-state index contributed by atoms with van der Waals surface area (Å²) in [7, 11) is 0. The van der Waals surface area contributed by atoms with E-state index in [2.05, 4.69) is 22.6 Å². The Labute approximate surface area is 119 Å². The molecule has 100 valence electrons. The smallest absolute Gasteiger partial charge is 0.306 e. The molecule has 2 aliphatic heterocycles. The van der Waals surface area contributed by atoms with Crippen molar-refractivity contribution in [1.82, 2.24) is 0 Å². The summed E-state index contributed by atoms with van der Waals surface area (Å²) in [6.07, 6.45) is 2.60. The number of esters is 1. The van der Waals surface area contributed by atoms with E-state index >= 15 is 0 Å². The van der Waals surface area contributed by atoms with Gasteiger partial charge in [0.2, 0.25) is 0 Å². The van der Waals surface area contributed by atoms with Crippen LogP contribution in [-0.4, -0.2) is 41.3 Å². The first kappa shape index (κ1) is 12.8. The summed E-state index contributed by atoms with van der Waals surface area (Å²) < 4.78 is 17.2. The summed E-state index contributed by atoms with van der Waals surface area (Å²) >= 11 is 2.28. The molecule has 2 saturated heterocycles. The minimum absolute atomic E-state index is 0.120. The molecule has 3 rings (SSSR count). The molecular weight excluding hydrogens is 351 g/mol. The number of rotatable bonds is 2. The Morgan fingerprint density at radius 2 is 2.06 bits per heavy atom. The average Bonchev–Trinajstić information content (AvgIpc) is 2.77. The molecule has 1 spiro atoms. The molecular formula is C12H15IO5. The van der Waals surface area contributed by atoms with Crippen molar-refractivity contribution in [3.63, 3.8) is 0 Å². The van der Waals surface area contributed by atoms with E-state index in [9.17, 15) is 9.59 Å². The molecule has 1 saturated carbocycles. The summed E-state index contributed by atoms with van der Waals surface area (Å²) in [5.41, 5.74) is -0.535. The van der Waals surface area contributed by atoms with Gasteiger partial charge in [0.1, 0.15) is 12.4 Å². The number of hydrogen-bond acceptors (Lipinski definition) is 5. The Bertz CT molecular complexity index is 379. The van der Waals surface area contributed by atoms with Gasteiger partial charge in [-0.15, -0.1) is 0 Å². The molecule has 3 fully saturated rings. The van der Waals surface area contributed by atoms with Gasteiger partial charge in [-0.05, 0) is 6.42 Å². The standard InChI is InChI=1S/C12H15IO5/c13-8-5-12(16-3-4-17-12)11(1-2-14)6-9(8)18-10(15)7-11/h2,8-9H,1,3-7H2/t8-,9?,11-/m0/s1. The van der Waals surface area contributed by atoms with Gasteiger partial charge in [-0.1, -0.05) is 22.6 Å². The van der Waals surface area contributed by atoms with Crippen LogP contribution in [0.4, 0.5) is 0 Å². The SMILES string of the molecule is O=CC[C@@]12CC(=O)OC(C1)[C@@H](I)CC21OCCO1.